The highest BCUT2D eigenvalue weighted by Crippen LogP contribution is 2.41. The average Bonchev–Trinajstić information content (AvgIpc) is 2.47. The molecule has 2 rings (SSSR count). The van der Waals surface area contributed by atoms with E-state index in [0.29, 0.717) is 6.54 Å². The Morgan fingerprint density at radius 1 is 1.24 bits per heavy atom. The van der Waals surface area contributed by atoms with E-state index in [1.54, 1.807) is 12.1 Å². The third kappa shape index (κ3) is 3.62. The van der Waals surface area contributed by atoms with Crippen LogP contribution in [-0.4, -0.2) is 35.7 Å². The largest absolute Gasteiger partial charge is 0.368 e. The molecule has 4 heteroatoms. The maximum Gasteiger partial charge on any atom is 0.123 e. The summed E-state index contributed by atoms with van der Waals surface area (Å²) in [6, 6.07) is 6.73. The first-order valence-electron chi connectivity index (χ1n) is 7.50. The Bertz CT molecular complexity index is 501. The minimum atomic E-state index is -0.312. The quantitative estimate of drug-likeness (QED) is 0.928. The van der Waals surface area contributed by atoms with E-state index in [1.807, 2.05) is 27.0 Å². The van der Waals surface area contributed by atoms with Crippen LogP contribution in [-0.2, 0) is 11.3 Å². The van der Waals surface area contributed by atoms with E-state index in [4.69, 9.17) is 10.5 Å². The molecule has 0 aliphatic carbocycles. The van der Waals surface area contributed by atoms with Crippen molar-refractivity contribution in [2.75, 3.05) is 13.6 Å². The van der Waals surface area contributed by atoms with Gasteiger partial charge in [-0.25, -0.2) is 4.39 Å². The number of nitrogens with two attached hydrogens (primary N) is 1. The van der Waals surface area contributed by atoms with Gasteiger partial charge in [0.2, 0.25) is 0 Å². The fourth-order valence-electron chi connectivity index (χ4n) is 3.42. The van der Waals surface area contributed by atoms with E-state index in [9.17, 15) is 4.39 Å². The summed E-state index contributed by atoms with van der Waals surface area (Å²) in [5, 5.41) is 0. The van der Waals surface area contributed by atoms with Crippen LogP contribution in [0.3, 0.4) is 0 Å². The summed E-state index contributed by atoms with van der Waals surface area (Å²) in [6.07, 6.45) is 0. The highest BCUT2D eigenvalue weighted by atomic mass is 19.1. The van der Waals surface area contributed by atoms with E-state index < -0.39 is 0 Å². The number of halogens is 1. The first-order chi connectivity index (χ1) is 9.62. The summed E-state index contributed by atoms with van der Waals surface area (Å²) in [7, 11) is 2.04. The number of rotatable bonds is 4. The van der Waals surface area contributed by atoms with Gasteiger partial charge in [0.15, 0.2) is 0 Å². The van der Waals surface area contributed by atoms with Crippen LogP contribution in [0, 0.1) is 11.7 Å². The van der Waals surface area contributed by atoms with Crippen LogP contribution in [0.2, 0.25) is 0 Å². The smallest absolute Gasteiger partial charge is 0.123 e. The van der Waals surface area contributed by atoms with Crippen LogP contribution in [0.25, 0.3) is 0 Å². The Morgan fingerprint density at radius 3 is 2.43 bits per heavy atom. The van der Waals surface area contributed by atoms with Gasteiger partial charge in [-0.2, -0.15) is 0 Å². The SMILES string of the molecule is CN(Cc1cccc(F)c1)CC1C(N)C(C)(C)OC1(C)C. The first-order valence-corrected chi connectivity index (χ1v) is 7.50. The van der Waals surface area contributed by atoms with Gasteiger partial charge >= 0.3 is 0 Å². The molecule has 1 aromatic carbocycles. The third-order valence-electron chi connectivity index (χ3n) is 4.51. The monoisotopic (exact) mass is 294 g/mol. The second kappa shape index (κ2) is 5.67. The van der Waals surface area contributed by atoms with Crippen molar-refractivity contribution in [2.45, 2.75) is 51.5 Å². The molecule has 1 heterocycles. The van der Waals surface area contributed by atoms with Gasteiger partial charge in [-0.3, -0.25) is 0 Å². The first kappa shape index (κ1) is 16.4. The number of ether oxygens (including phenoxy) is 1. The molecular weight excluding hydrogens is 267 g/mol. The van der Waals surface area contributed by atoms with E-state index in [0.717, 1.165) is 12.1 Å². The molecule has 1 aliphatic heterocycles. The molecular formula is C17H27FN2O. The zero-order chi connectivity index (χ0) is 15.8. The Balaban J connectivity index is 2.04. The second-order valence-corrected chi connectivity index (χ2v) is 7.27. The molecule has 0 saturated carbocycles. The minimum Gasteiger partial charge on any atom is -0.368 e. The topological polar surface area (TPSA) is 38.5 Å². The molecule has 0 bridgehead atoms. The molecule has 0 aromatic heterocycles. The molecule has 0 spiro atoms. The number of hydrogen-bond acceptors (Lipinski definition) is 3. The molecule has 21 heavy (non-hydrogen) atoms. The number of hydrogen-bond donors (Lipinski definition) is 1. The van der Waals surface area contributed by atoms with E-state index >= 15 is 0 Å². The standard InChI is InChI=1S/C17H27FN2O/c1-16(2)14(15(19)17(3,4)21-16)11-20(5)10-12-7-6-8-13(18)9-12/h6-9,14-15H,10-11,19H2,1-5H3. The van der Waals surface area contributed by atoms with Crippen molar-refractivity contribution < 1.29 is 9.13 Å². The highest BCUT2D eigenvalue weighted by Gasteiger charge is 2.52. The van der Waals surface area contributed by atoms with Crippen LogP contribution in [0.4, 0.5) is 4.39 Å². The van der Waals surface area contributed by atoms with Crippen molar-refractivity contribution in [3.63, 3.8) is 0 Å². The minimum absolute atomic E-state index is 0.0116. The summed E-state index contributed by atoms with van der Waals surface area (Å²) in [4.78, 5) is 2.19. The lowest BCUT2D eigenvalue weighted by Crippen LogP contribution is -2.47. The van der Waals surface area contributed by atoms with Crippen molar-refractivity contribution in [1.82, 2.24) is 4.90 Å². The van der Waals surface area contributed by atoms with E-state index in [1.165, 1.54) is 6.07 Å². The van der Waals surface area contributed by atoms with E-state index in [2.05, 4.69) is 18.7 Å². The molecule has 3 nitrogen and oxygen atoms in total. The summed E-state index contributed by atoms with van der Waals surface area (Å²) in [5.74, 6) is 0.0503. The average molecular weight is 294 g/mol. The van der Waals surface area contributed by atoms with Gasteiger partial charge in [-0.15, -0.1) is 0 Å². The Labute approximate surface area is 127 Å². The Kier molecular flexibility index (Phi) is 4.43. The number of benzene rings is 1. The van der Waals surface area contributed by atoms with Gasteiger partial charge in [0.1, 0.15) is 5.82 Å². The molecule has 1 aliphatic rings. The third-order valence-corrected chi connectivity index (χ3v) is 4.51. The van der Waals surface area contributed by atoms with Gasteiger partial charge in [0.25, 0.3) is 0 Å². The molecule has 0 amide bonds. The molecule has 0 radical (unpaired) electrons. The fraction of sp³-hybridized carbons (Fsp3) is 0.647. The van der Waals surface area contributed by atoms with Gasteiger partial charge in [0, 0.05) is 25.0 Å². The lowest BCUT2D eigenvalue weighted by Gasteiger charge is -2.31. The summed E-state index contributed by atoms with van der Waals surface area (Å²) < 4.78 is 19.4. The van der Waals surface area contributed by atoms with Crippen LogP contribution in [0.1, 0.15) is 33.3 Å². The van der Waals surface area contributed by atoms with Gasteiger partial charge in [-0.1, -0.05) is 12.1 Å². The van der Waals surface area contributed by atoms with Crippen molar-refractivity contribution in [2.24, 2.45) is 11.7 Å². The molecule has 2 atom stereocenters. The van der Waals surface area contributed by atoms with Crippen molar-refractivity contribution in [3.05, 3.63) is 35.6 Å². The maximum absolute atomic E-state index is 13.3. The summed E-state index contributed by atoms with van der Waals surface area (Å²) in [5.41, 5.74) is 6.80. The Morgan fingerprint density at radius 2 is 1.90 bits per heavy atom. The Hall–Kier alpha value is -0.970. The van der Waals surface area contributed by atoms with Crippen LogP contribution in [0.15, 0.2) is 24.3 Å². The molecule has 118 valence electrons. The van der Waals surface area contributed by atoms with Crippen LogP contribution in [0.5, 0.6) is 0 Å². The molecule has 2 unspecified atom stereocenters. The van der Waals surface area contributed by atoms with Gasteiger partial charge < -0.3 is 15.4 Å². The van der Waals surface area contributed by atoms with E-state index in [-0.39, 0.29) is 29.0 Å². The normalized spacial score (nSPS) is 27.2. The lowest BCUT2D eigenvalue weighted by molar-refractivity contribution is -0.0782. The highest BCUT2D eigenvalue weighted by molar-refractivity contribution is 5.16. The van der Waals surface area contributed by atoms with Crippen molar-refractivity contribution in [3.8, 4) is 0 Å². The number of nitrogens with zero attached hydrogens (tertiary/aromatic N) is 1. The summed E-state index contributed by atoms with van der Waals surface area (Å²) in [6.45, 7) is 9.83. The van der Waals surface area contributed by atoms with Crippen molar-refractivity contribution in [1.29, 1.82) is 0 Å². The van der Waals surface area contributed by atoms with Crippen LogP contribution >= 0.6 is 0 Å². The van der Waals surface area contributed by atoms with Crippen molar-refractivity contribution >= 4 is 0 Å². The van der Waals surface area contributed by atoms with Gasteiger partial charge in [0.05, 0.1) is 11.2 Å². The second-order valence-electron chi connectivity index (χ2n) is 7.27. The molecule has 1 aromatic rings. The van der Waals surface area contributed by atoms with Gasteiger partial charge in [-0.05, 0) is 52.4 Å². The lowest BCUT2D eigenvalue weighted by atomic mass is 9.83. The zero-order valence-electron chi connectivity index (χ0n) is 13.7. The molecule has 2 N–H and O–H groups in total. The predicted octanol–water partition coefficient (Wildman–Crippen LogP) is 2.79. The fourth-order valence-corrected chi connectivity index (χ4v) is 3.42. The summed E-state index contributed by atoms with van der Waals surface area (Å²) >= 11 is 0. The predicted molar refractivity (Wildman–Crippen MR) is 83.4 cm³/mol. The molecule has 1 saturated heterocycles. The van der Waals surface area contributed by atoms with Crippen LogP contribution < -0.4 is 5.73 Å². The maximum atomic E-state index is 13.3. The zero-order valence-corrected chi connectivity index (χ0v) is 13.7. The molecule has 1 fully saturated rings.